The molecule has 0 aromatic heterocycles. The summed E-state index contributed by atoms with van der Waals surface area (Å²) in [6, 6.07) is 4.00. The Hall–Kier alpha value is -1.84. The highest BCUT2D eigenvalue weighted by atomic mass is 19.1. The molecule has 1 aromatic carbocycles. The molecule has 3 nitrogen and oxygen atoms in total. The molecule has 0 saturated carbocycles. The highest BCUT2D eigenvalue weighted by Gasteiger charge is 1.97. The quantitative estimate of drug-likeness (QED) is 0.521. The van der Waals surface area contributed by atoms with Crippen LogP contribution in [0.25, 0.3) is 6.08 Å². The summed E-state index contributed by atoms with van der Waals surface area (Å²) in [5.41, 5.74) is 5.75. The van der Waals surface area contributed by atoms with E-state index >= 15 is 0 Å². The fraction of sp³-hybridized carbons (Fsp3) is 0. The number of nitrogen functional groups attached to an aromatic ring is 1. The topological polar surface area (TPSA) is 66.2 Å². The van der Waals surface area contributed by atoms with Crippen LogP contribution in [0.2, 0.25) is 0 Å². The van der Waals surface area contributed by atoms with Crippen LogP contribution in [0.3, 0.4) is 0 Å². The maximum atomic E-state index is 13.0. The predicted octanol–water partition coefficient (Wildman–Crippen LogP) is 0.171. The van der Waals surface area contributed by atoms with Crippen molar-refractivity contribution in [3.05, 3.63) is 35.7 Å². The largest absolute Gasteiger partial charge is 0.545 e. The lowest BCUT2D eigenvalue weighted by atomic mass is 10.2. The molecule has 68 valence electrons. The van der Waals surface area contributed by atoms with Gasteiger partial charge >= 0.3 is 0 Å². The Morgan fingerprint density at radius 2 is 2.23 bits per heavy atom. The fourth-order valence-corrected chi connectivity index (χ4v) is 0.836. The smallest absolute Gasteiger partial charge is 0.132 e. The van der Waals surface area contributed by atoms with Crippen LogP contribution in [-0.2, 0) is 4.79 Å². The third kappa shape index (κ3) is 2.59. The molecule has 1 rings (SSSR count). The van der Waals surface area contributed by atoms with Crippen LogP contribution in [0.1, 0.15) is 5.56 Å². The number of carboxylic acids is 1. The number of benzene rings is 1. The average molecular weight is 180 g/mol. The van der Waals surface area contributed by atoms with Crippen molar-refractivity contribution < 1.29 is 14.3 Å². The summed E-state index contributed by atoms with van der Waals surface area (Å²) in [6.45, 7) is 0. The highest BCUT2D eigenvalue weighted by molar-refractivity contribution is 5.83. The molecule has 0 saturated heterocycles. The van der Waals surface area contributed by atoms with Gasteiger partial charge in [0, 0.05) is 11.3 Å². The summed E-state index contributed by atoms with van der Waals surface area (Å²) < 4.78 is 13.0. The summed E-state index contributed by atoms with van der Waals surface area (Å²) >= 11 is 0. The molecule has 0 aliphatic carbocycles. The third-order valence-electron chi connectivity index (χ3n) is 1.42. The Kier molecular flexibility index (Phi) is 2.64. The maximum Gasteiger partial charge on any atom is 0.132 e. The van der Waals surface area contributed by atoms with E-state index in [4.69, 9.17) is 5.73 Å². The number of anilines is 1. The first-order chi connectivity index (χ1) is 6.09. The van der Waals surface area contributed by atoms with Crippen molar-refractivity contribution in [3.63, 3.8) is 0 Å². The maximum absolute atomic E-state index is 13.0. The van der Waals surface area contributed by atoms with Gasteiger partial charge in [-0.3, -0.25) is 0 Å². The molecular weight excluding hydrogens is 173 g/mol. The first-order valence-corrected chi connectivity index (χ1v) is 3.53. The van der Waals surface area contributed by atoms with E-state index in [1.807, 2.05) is 0 Å². The van der Waals surface area contributed by atoms with Gasteiger partial charge in [0.25, 0.3) is 0 Å². The van der Waals surface area contributed by atoms with Crippen LogP contribution in [0, 0.1) is 5.82 Å². The lowest BCUT2D eigenvalue weighted by Crippen LogP contribution is -2.18. The van der Waals surface area contributed by atoms with Gasteiger partial charge in [0.2, 0.25) is 0 Å². The Balaban J connectivity index is 2.96. The molecule has 2 N–H and O–H groups in total. The molecule has 0 aliphatic rings. The van der Waals surface area contributed by atoms with Crippen molar-refractivity contribution in [1.82, 2.24) is 0 Å². The van der Waals surface area contributed by atoms with E-state index in [-0.39, 0.29) is 5.56 Å². The molecular formula is C9H7FNO2-. The number of carbonyl (C=O) groups is 1. The predicted molar refractivity (Wildman–Crippen MR) is 44.9 cm³/mol. The second-order valence-corrected chi connectivity index (χ2v) is 2.43. The standard InChI is InChI=1S/C9H8FNO2/c10-8-5-7(11)3-1-6(8)2-4-9(12)13/h1-5H,11H2,(H,12,13)/p-1/b4-2+. The van der Waals surface area contributed by atoms with Crippen molar-refractivity contribution in [2.24, 2.45) is 0 Å². The lowest BCUT2D eigenvalue weighted by molar-refractivity contribution is -0.297. The van der Waals surface area contributed by atoms with Crippen molar-refractivity contribution in [2.75, 3.05) is 5.73 Å². The van der Waals surface area contributed by atoms with Gasteiger partial charge in [-0.25, -0.2) is 4.39 Å². The second kappa shape index (κ2) is 3.71. The van der Waals surface area contributed by atoms with E-state index in [0.29, 0.717) is 5.69 Å². The van der Waals surface area contributed by atoms with Crippen molar-refractivity contribution in [1.29, 1.82) is 0 Å². The number of hydrogen-bond donors (Lipinski definition) is 1. The van der Waals surface area contributed by atoms with Crippen molar-refractivity contribution in [3.8, 4) is 0 Å². The highest BCUT2D eigenvalue weighted by Crippen LogP contribution is 2.12. The summed E-state index contributed by atoms with van der Waals surface area (Å²) in [5, 5.41) is 10.0. The average Bonchev–Trinajstić information content (AvgIpc) is 2.02. The lowest BCUT2D eigenvalue weighted by Gasteiger charge is -1.98. The first-order valence-electron chi connectivity index (χ1n) is 3.53. The molecule has 0 amide bonds. The molecule has 1 aromatic rings. The van der Waals surface area contributed by atoms with Gasteiger partial charge < -0.3 is 15.6 Å². The summed E-state index contributed by atoms with van der Waals surface area (Å²) in [5.74, 6) is -1.92. The zero-order valence-corrected chi connectivity index (χ0v) is 6.66. The van der Waals surface area contributed by atoms with Crippen LogP contribution in [-0.4, -0.2) is 5.97 Å². The van der Waals surface area contributed by atoms with E-state index < -0.39 is 11.8 Å². The molecule has 0 radical (unpaired) electrons. The van der Waals surface area contributed by atoms with Crippen molar-refractivity contribution >= 4 is 17.7 Å². The normalized spacial score (nSPS) is 10.5. The number of rotatable bonds is 2. The van der Waals surface area contributed by atoms with E-state index in [9.17, 15) is 14.3 Å². The van der Waals surface area contributed by atoms with Gasteiger partial charge in [0.1, 0.15) is 5.82 Å². The summed E-state index contributed by atoms with van der Waals surface area (Å²) in [7, 11) is 0. The van der Waals surface area contributed by atoms with Gasteiger partial charge in [0.15, 0.2) is 0 Å². The molecule has 0 bridgehead atoms. The monoisotopic (exact) mass is 180 g/mol. The van der Waals surface area contributed by atoms with Crippen LogP contribution in [0.15, 0.2) is 24.3 Å². The molecule has 0 spiro atoms. The van der Waals surface area contributed by atoms with Crippen molar-refractivity contribution in [2.45, 2.75) is 0 Å². The molecule has 0 aliphatic heterocycles. The van der Waals surface area contributed by atoms with Crippen LogP contribution < -0.4 is 10.8 Å². The third-order valence-corrected chi connectivity index (χ3v) is 1.42. The van der Waals surface area contributed by atoms with Crippen LogP contribution >= 0.6 is 0 Å². The SMILES string of the molecule is Nc1ccc(/C=C/C(=O)[O-])c(F)c1. The number of halogens is 1. The zero-order chi connectivity index (χ0) is 9.84. The molecule has 0 fully saturated rings. The molecule has 4 heteroatoms. The van der Waals surface area contributed by atoms with Gasteiger partial charge in [-0.1, -0.05) is 6.08 Å². The number of nitrogens with two attached hydrogens (primary N) is 1. The minimum absolute atomic E-state index is 0.165. The molecule has 0 unspecified atom stereocenters. The van der Waals surface area contributed by atoms with E-state index in [0.717, 1.165) is 18.2 Å². The number of aliphatic carboxylic acids is 1. The van der Waals surface area contributed by atoms with E-state index in [1.165, 1.54) is 12.1 Å². The van der Waals surface area contributed by atoms with Crippen LogP contribution in [0.5, 0.6) is 0 Å². The second-order valence-electron chi connectivity index (χ2n) is 2.43. The number of carbonyl (C=O) groups excluding carboxylic acids is 1. The van der Waals surface area contributed by atoms with Gasteiger partial charge in [-0.05, 0) is 24.3 Å². The van der Waals surface area contributed by atoms with Gasteiger partial charge in [0.05, 0.1) is 5.97 Å². The molecule has 0 atom stereocenters. The Labute approximate surface area is 74.3 Å². The number of carboxylic acid groups (broad SMARTS) is 1. The van der Waals surface area contributed by atoms with E-state index in [2.05, 4.69) is 0 Å². The Morgan fingerprint density at radius 1 is 1.54 bits per heavy atom. The fourth-order valence-electron chi connectivity index (χ4n) is 0.836. The summed E-state index contributed by atoms with van der Waals surface area (Å²) in [6.07, 6.45) is 1.87. The summed E-state index contributed by atoms with van der Waals surface area (Å²) in [4.78, 5) is 10.0. The van der Waals surface area contributed by atoms with Gasteiger partial charge in [-0.15, -0.1) is 0 Å². The first kappa shape index (κ1) is 9.25. The minimum atomic E-state index is -1.36. The Morgan fingerprint density at radius 3 is 2.77 bits per heavy atom. The van der Waals surface area contributed by atoms with Crippen LogP contribution in [0.4, 0.5) is 10.1 Å². The minimum Gasteiger partial charge on any atom is -0.545 e. The molecule has 13 heavy (non-hydrogen) atoms. The zero-order valence-electron chi connectivity index (χ0n) is 6.66. The number of hydrogen-bond acceptors (Lipinski definition) is 3. The Bertz CT molecular complexity index is 361. The van der Waals surface area contributed by atoms with E-state index in [1.54, 1.807) is 0 Å². The molecule has 0 heterocycles. The van der Waals surface area contributed by atoms with Gasteiger partial charge in [-0.2, -0.15) is 0 Å².